The first kappa shape index (κ1) is 13.9. The fraction of sp³-hybridized carbons (Fsp3) is 0.733. The van der Waals surface area contributed by atoms with Gasteiger partial charge in [-0.05, 0) is 32.6 Å². The molecule has 2 aliphatic rings. The minimum absolute atomic E-state index is 0.116. The van der Waals surface area contributed by atoms with E-state index in [-0.39, 0.29) is 6.03 Å². The maximum absolute atomic E-state index is 12.5. The first-order chi connectivity index (χ1) is 9.72. The van der Waals surface area contributed by atoms with Gasteiger partial charge in [0.15, 0.2) is 0 Å². The van der Waals surface area contributed by atoms with Gasteiger partial charge in [0.25, 0.3) is 0 Å². The highest BCUT2D eigenvalue weighted by molar-refractivity contribution is 7.09. The number of nitrogens with zero attached hydrogens (tertiary/aromatic N) is 2. The third-order valence-electron chi connectivity index (χ3n) is 4.18. The van der Waals surface area contributed by atoms with Crippen LogP contribution in [0.2, 0.25) is 0 Å². The summed E-state index contributed by atoms with van der Waals surface area (Å²) in [6, 6.07) is 0.931. The van der Waals surface area contributed by atoms with E-state index in [1.54, 1.807) is 11.3 Å². The van der Waals surface area contributed by atoms with Crippen LogP contribution < -0.4 is 5.32 Å². The monoisotopic (exact) mass is 293 g/mol. The van der Waals surface area contributed by atoms with Crippen LogP contribution in [0.1, 0.15) is 55.6 Å². The molecule has 2 aliphatic carbocycles. The smallest absolute Gasteiger partial charge is 0.318 e. The zero-order valence-corrected chi connectivity index (χ0v) is 12.9. The highest BCUT2D eigenvalue weighted by Crippen LogP contribution is 2.29. The SMILES string of the molecule is Cc1nc(CN(C(=O)NC2CCCCC2)C2CC2)cs1. The zero-order chi connectivity index (χ0) is 13.9. The summed E-state index contributed by atoms with van der Waals surface area (Å²) < 4.78 is 0. The third-order valence-corrected chi connectivity index (χ3v) is 5.00. The van der Waals surface area contributed by atoms with Crippen molar-refractivity contribution >= 4 is 17.4 Å². The second-order valence-electron chi connectivity index (χ2n) is 6.00. The van der Waals surface area contributed by atoms with Crippen molar-refractivity contribution in [1.29, 1.82) is 0 Å². The van der Waals surface area contributed by atoms with Crippen LogP contribution in [0.15, 0.2) is 5.38 Å². The van der Waals surface area contributed by atoms with Crippen molar-refractivity contribution in [2.45, 2.75) is 70.5 Å². The Labute approximate surface area is 124 Å². The number of amides is 2. The molecule has 0 bridgehead atoms. The van der Waals surface area contributed by atoms with Crippen molar-refractivity contribution < 1.29 is 4.79 Å². The second kappa shape index (κ2) is 6.12. The van der Waals surface area contributed by atoms with Gasteiger partial charge in [-0.15, -0.1) is 11.3 Å². The van der Waals surface area contributed by atoms with Crippen LogP contribution in [0.5, 0.6) is 0 Å². The molecule has 1 N–H and O–H groups in total. The summed E-state index contributed by atoms with van der Waals surface area (Å²) >= 11 is 1.66. The lowest BCUT2D eigenvalue weighted by Crippen LogP contribution is -2.46. The van der Waals surface area contributed by atoms with Crippen LogP contribution in [0.4, 0.5) is 4.79 Å². The van der Waals surface area contributed by atoms with Gasteiger partial charge in [-0.3, -0.25) is 0 Å². The predicted octanol–water partition coefficient (Wildman–Crippen LogP) is 3.46. The molecular weight excluding hydrogens is 270 g/mol. The van der Waals surface area contributed by atoms with Gasteiger partial charge >= 0.3 is 6.03 Å². The van der Waals surface area contributed by atoms with E-state index in [0.717, 1.165) is 36.4 Å². The molecule has 20 heavy (non-hydrogen) atoms. The first-order valence-electron chi connectivity index (χ1n) is 7.70. The fourth-order valence-corrected chi connectivity index (χ4v) is 3.52. The molecule has 1 heterocycles. The van der Waals surface area contributed by atoms with Crippen molar-refractivity contribution in [1.82, 2.24) is 15.2 Å². The molecule has 0 spiro atoms. The number of aromatic nitrogens is 1. The maximum Gasteiger partial charge on any atom is 0.318 e. The molecule has 0 atom stereocenters. The van der Waals surface area contributed by atoms with Crippen LogP contribution in [0, 0.1) is 6.92 Å². The van der Waals surface area contributed by atoms with Gasteiger partial charge < -0.3 is 10.2 Å². The maximum atomic E-state index is 12.5. The Hall–Kier alpha value is -1.10. The number of urea groups is 1. The van der Waals surface area contributed by atoms with E-state index < -0.39 is 0 Å². The number of nitrogens with one attached hydrogen (secondary N) is 1. The third kappa shape index (κ3) is 3.51. The molecule has 0 saturated heterocycles. The summed E-state index contributed by atoms with van der Waals surface area (Å²) in [5, 5.41) is 6.37. The number of hydrogen-bond donors (Lipinski definition) is 1. The Balaban J connectivity index is 1.59. The van der Waals surface area contributed by atoms with Crippen LogP contribution in [-0.2, 0) is 6.54 Å². The lowest BCUT2D eigenvalue weighted by atomic mass is 9.96. The van der Waals surface area contributed by atoms with E-state index in [4.69, 9.17) is 0 Å². The quantitative estimate of drug-likeness (QED) is 0.924. The number of thiazole rings is 1. The molecule has 0 radical (unpaired) electrons. The van der Waals surface area contributed by atoms with Crippen molar-refractivity contribution in [3.8, 4) is 0 Å². The van der Waals surface area contributed by atoms with Crippen molar-refractivity contribution in [2.24, 2.45) is 0 Å². The number of carbonyl (C=O) groups excluding carboxylic acids is 1. The van der Waals surface area contributed by atoms with E-state index in [9.17, 15) is 4.79 Å². The molecule has 2 fully saturated rings. The molecule has 2 amide bonds. The normalized spacial score (nSPS) is 19.9. The first-order valence-corrected chi connectivity index (χ1v) is 8.58. The molecule has 5 heteroatoms. The highest BCUT2D eigenvalue weighted by Gasteiger charge is 2.33. The van der Waals surface area contributed by atoms with E-state index in [2.05, 4.69) is 15.7 Å². The Bertz CT molecular complexity index is 463. The fourth-order valence-electron chi connectivity index (χ4n) is 2.91. The van der Waals surface area contributed by atoms with Crippen molar-refractivity contribution in [3.63, 3.8) is 0 Å². The van der Waals surface area contributed by atoms with E-state index in [1.807, 2.05) is 11.8 Å². The van der Waals surface area contributed by atoms with E-state index in [0.29, 0.717) is 18.6 Å². The van der Waals surface area contributed by atoms with Gasteiger partial charge in [-0.1, -0.05) is 19.3 Å². The number of hydrogen-bond acceptors (Lipinski definition) is 3. The van der Waals surface area contributed by atoms with Gasteiger partial charge in [0.1, 0.15) is 0 Å². The van der Waals surface area contributed by atoms with Crippen LogP contribution in [-0.4, -0.2) is 28.0 Å². The molecule has 3 rings (SSSR count). The topological polar surface area (TPSA) is 45.2 Å². The summed E-state index contributed by atoms with van der Waals surface area (Å²) in [6.07, 6.45) is 8.37. The van der Waals surface area contributed by atoms with Gasteiger partial charge in [0.2, 0.25) is 0 Å². The van der Waals surface area contributed by atoms with Gasteiger partial charge in [0, 0.05) is 17.5 Å². The summed E-state index contributed by atoms with van der Waals surface area (Å²) in [4.78, 5) is 19.0. The molecule has 0 aliphatic heterocycles. The van der Waals surface area contributed by atoms with Gasteiger partial charge in [0.05, 0.1) is 17.2 Å². The van der Waals surface area contributed by atoms with Crippen LogP contribution in [0.3, 0.4) is 0 Å². The Morgan fingerprint density at radius 3 is 2.70 bits per heavy atom. The van der Waals surface area contributed by atoms with Crippen molar-refractivity contribution in [2.75, 3.05) is 0 Å². The zero-order valence-electron chi connectivity index (χ0n) is 12.1. The standard InChI is InChI=1S/C15H23N3OS/c1-11-16-13(10-20-11)9-18(14-7-8-14)15(19)17-12-5-3-2-4-6-12/h10,12,14H,2-9H2,1H3,(H,17,19). The molecule has 4 nitrogen and oxygen atoms in total. The summed E-state index contributed by atoms with van der Waals surface area (Å²) in [5.74, 6) is 0. The minimum atomic E-state index is 0.116. The van der Waals surface area contributed by atoms with Crippen LogP contribution >= 0.6 is 11.3 Å². The lowest BCUT2D eigenvalue weighted by Gasteiger charge is -2.28. The molecule has 1 aromatic rings. The average Bonchev–Trinajstić information content (AvgIpc) is 3.20. The molecule has 0 unspecified atom stereocenters. The Morgan fingerprint density at radius 2 is 2.10 bits per heavy atom. The Morgan fingerprint density at radius 1 is 1.35 bits per heavy atom. The van der Waals surface area contributed by atoms with E-state index in [1.165, 1.54) is 19.3 Å². The molecule has 0 aromatic carbocycles. The molecular formula is C15H23N3OS. The molecule has 1 aromatic heterocycles. The van der Waals surface area contributed by atoms with E-state index >= 15 is 0 Å². The van der Waals surface area contributed by atoms with Crippen LogP contribution in [0.25, 0.3) is 0 Å². The Kier molecular flexibility index (Phi) is 4.24. The largest absolute Gasteiger partial charge is 0.335 e. The number of rotatable bonds is 4. The molecule has 2 saturated carbocycles. The number of carbonyl (C=O) groups is 1. The highest BCUT2D eigenvalue weighted by atomic mass is 32.1. The summed E-state index contributed by atoms with van der Waals surface area (Å²) in [6.45, 7) is 2.67. The summed E-state index contributed by atoms with van der Waals surface area (Å²) in [7, 11) is 0. The average molecular weight is 293 g/mol. The summed E-state index contributed by atoms with van der Waals surface area (Å²) in [5.41, 5.74) is 1.03. The van der Waals surface area contributed by atoms with Gasteiger partial charge in [-0.25, -0.2) is 9.78 Å². The molecule has 110 valence electrons. The minimum Gasteiger partial charge on any atom is -0.335 e. The predicted molar refractivity (Wildman–Crippen MR) is 80.8 cm³/mol. The van der Waals surface area contributed by atoms with Crippen molar-refractivity contribution in [3.05, 3.63) is 16.1 Å². The lowest BCUT2D eigenvalue weighted by molar-refractivity contribution is 0.183. The second-order valence-corrected chi connectivity index (χ2v) is 7.06. The number of aryl methyl sites for hydroxylation is 1. The van der Waals surface area contributed by atoms with Gasteiger partial charge in [-0.2, -0.15) is 0 Å².